The molecular formula is C10H22N2O2. The molecule has 84 valence electrons. The number of hydrogen-bond acceptors (Lipinski definition) is 4. The van der Waals surface area contributed by atoms with Crippen LogP contribution in [-0.2, 0) is 9.53 Å². The Labute approximate surface area is 86.4 Å². The summed E-state index contributed by atoms with van der Waals surface area (Å²) in [6.07, 6.45) is 0. The normalized spacial score (nSPS) is 14.2. The van der Waals surface area contributed by atoms with Crippen molar-refractivity contribution in [2.24, 2.45) is 11.7 Å². The van der Waals surface area contributed by atoms with Crippen LogP contribution in [0.5, 0.6) is 0 Å². The van der Waals surface area contributed by atoms with Crippen LogP contribution in [0.15, 0.2) is 0 Å². The summed E-state index contributed by atoms with van der Waals surface area (Å²) in [7, 11) is 3.86. The summed E-state index contributed by atoms with van der Waals surface area (Å²) in [5.74, 6) is -0.494. The minimum absolute atomic E-state index is 0.214. The average Bonchev–Trinajstić information content (AvgIpc) is 2.04. The standard InChI is InChI=1S/C10H22N2O2/c1-6-14-9(13)8(7-11)10(2,3)12(4)5/h8H,6-7,11H2,1-5H3/t8-/m0/s1. The van der Waals surface area contributed by atoms with Gasteiger partial charge in [0, 0.05) is 12.1 Å². The molecule has 0 aliphatic carbocycles. The van der Waals surface area contributed by atoms with E-state index in [1.807, 2.05) is 32.8 Å². The van der Waals surface area contributed by atoms with E-state index in [0.29, 0.717) is 13.2 Å². The first-order chi connectivity index (χ1) is 6.37. The van der Waals surface area contributed by atoms with Gasteiger partial charge in [-0.15, -0.1) is 0 Å². The molecular weight excluding hydrogens is 180 g/mol. The van der Waals surface area contributed by atoms with E-state index in [1.165, 1.54) is 0 Å². The predicted octanol–water partition coefficient (Wildman–Crippen LogP) is 0.465. The lowest BCUT2D eigenvalue weighted by Gasteiger charge is -2.38. The van der Waals surface area contributed by atoms with Gasteiger partial charge >= 0.3 is 5.97 Å². The lowest BCUT2D eigenvalue weighted by atomic mass is 9.86. The van der Waals surface area contributed by atoms with E-state index in [4.69, 9.17) is 10.5 Å². The second-order valence-electron chi connectivity index (χ2n) is 4.09. The molecule has 0 saturated carbocycles. The summed E-state index contributed by atoms with van der Waals surface area (Å²) < 4.78 is 4.99. The molecule has 0 amide bonds. The van der Waals surface area contributed by atoms with Gasteiger partial charge in [0.1, 0.15) is 0 Å². The molecule has 0 saturated heterocycles. The summed E-state index contributed by atoms with van der Waals surface area (Å²) in [4.78, 5) is 13.6. The van der Waals surface area contributed by atoms with Crippen molar-refractivity contribution in [3.63, 3.8) is 0 Å². The van der Waals surface area contributed by atoms with Crippen LogP contribution in [0, 0.1) is 5.92 Å². The van der Waals surface area contributed by atoms with E-state index in [2.05, 4.69) is 0 Å². The van der Waals surface area contributed by atoms with Gasteiger partial charge in [0.05, 0.1) is 12.5 Å². The summed E-state index contributed by atoms with van der Waals surface area (Å²) in [5.41, 5.74) is 5.32. The molecule has 0 aromatic heterocycles. The van der Waals surface area contributed by atoms with Crippen molar-refractivity contribution in [2.75, 3.05) is 27.2 Å². The summed E-state index contributed by atoms with van der Waals surface area (Å²) >= 11 is 0. The zero-order valence-electron chi connectivity index (χ0n) is 9.83. The summed E-state index contributed by atoms with van der Waals surface area (Å²) in [5, 5.41) is 0. The fourth-order valence-electron chi connectivity index (χ4n) is 1.23. The van der Waals surface area contributed by atoms with Crippen molar-refractivity contribution in [3.05, 3.63) is 0 Å². The zero-order valence-corrected chi connectivity index (χ0v) is 9.83. The molecule has 0 spiro atoms. The van der Waals surface area contributed by atoms with Gasteiger partial charge in [-0.1, -0.05) is 0 Å². The van der Waals surface area contributed by atoms with Crippen molar-refractivity contribution >= 4 is 5.97 Å². The highest BCUT2D eigenvalue weighted by atomic mass is 16.5. The molecule has 0 unspecified atom stereocenters. The third kappa shape index (κ3) is 2.96. The topological polar surface area (TPSA) is 55.6 Å². The largest absolute Gasteiger partial charge is 0.466 e. The summed E-state index contributed by atoms with van der Waals surface area (Å²) in [6.45, 7) is 6.49. The highest BCUT2D eigenvalue weighted by Gasteiger charge is 2.36. The van der Waals surface area contributed by atoms with Crippen LogP contribution in [0.1, 0.15) is 20.8 Å². The number of nitrogens with two attached hydrogens (primary N) is 1. The van der Waals surface area contributed by atoms with Crippen LogP contribution < -0.4 is 5.73 Å². The number of carbonyl (C=O) groups is 1. The van der Waals surface area contributed by atoms with E-state index in [9.17, 15) is 4.79 Å². The Kier molecular flexibility index (Phi) is 5.08. The molecule has 0 aromatic rings. The fraction of sp³-hybridized carbons (Fsp3) is 0.900. The molecule has 0 aliphatic heterocycles. The minimum Gasteiger partial charge on any atom is -0.466 e. The third-order valence-electron chi connectivity index (χ3n) is 2.81. The molecule has 0 heterocycles. The highest BCUT2D eigenvalue weighted by molar-refractivity contribution is 5.74. The van der Waals surface area contributed by atoms with Gasteiger partial charge < -0.3 is 15.4 Å². The maximum atomic E-state index is 11.6. The van der Waals surface area contributed by atoms with Gasteiger partial charge in [0.15, 0.2) is 0 Å². The van der Waals surface area contributed by atoms with E-state index >= 15 is 0 Å². The molecule has 14 heavy (non-hydrogen) atoms. The molecule has 0 bridgehead atoms. The Morgan fingerprint density at radius 2 is 2.00 bits per heavy atom. The molecule has 0 aromatic carbocycles. The number of nitrogens with zero attached hydrogens (tertiary/aromatic N) is 1. The third-order valence-corrected chi connectivity index (χ3v) is 2.81. The number of ether oxygens (including phenoxy) is 1. The Morgan fingerprint density at radius 3 is 2.29 bits per heavy atom. The molecule has 2 N–H and O–H groups in total. The van der Waals surface area contributed by atoms with Crippen LogP contribution in [0.25, 0.3) is 0 Å². The molecule has 0 rings (SSSR count). The quantitative estimate of drug-likeness (QED) is 0.658. The number of esters is 1. The number of hydrogen-bond donors (Lipinski definition) is 1. The van der Waals surface area contributed by atoms with Crippen LogP contribution >= 0.6 is 0 Å². The van der Waals surface area contributed by atoms with Gasteiger partial charge in [-0.3, -0.25) is 4.79 Å². The van der Waals surface area contributed by atoms with E-state index in [1.54, 1.807) is 6.92 Å². The van der Waals surface area contributed by atoms with E-state index in [0.717, 1.165) is 0 Å². The highest BCUT2D eigenvalue weighted by Crippen LogP contribution is 2.22. The average molecular weight is 202 g/mol. The van der Waals surface area contributed by atoms with Crippen LogP contribution in [0.3, 0.4) is 0 Å². The summed E-state index contributed by atoms with van der Waals surface area (Å²) in [6, 6.07) is 0. The van der Waals surface area contributed by atoms with E-state index in [-0.39, 0.29) is 17.4 Å². The first-order valence-corrected chi connectivity index (χ1v) is 4.92. The Hall–Kier alpha value is -0.610. The number of carbonyl (C=O) groups excluding carboxylic acids is 1. The van der Waals surface area contributed by atoms with Gasteiger partial charge in [0.25, 0.3) is 0 Å². The van der Waals surface area contributed by atoms with Crippen molar-refractivity contribution in [3.8, 4) is 0 Å². The van der Waals surface area contributed by atoms with Gasteiger partial charge in [-0.05, 0) is 34.9 Å². The second-order valence-corrected chi connectivity index (χ2v) is 4.09. The first kappa shape index (κ1) is 13.4. The van der Waals surface area contributed by atoms with Crippen molar-refractivity contribution in [1.82, 2.24) is 4.90 Å². The molecule has 4 heteroatoms. The van der Waals surface area contributed by atoms with Crippen molar-refractivity contribution in [1.29, 1.82) is 0 Å². The number of rotatable bonds is 5. The SMILES string of the molecule is CCOC(=O)[C@H](CN)C(C)(C)N(C)C. The predicted molar refractivity (Wildman–Crippen MR) is 56.9 cm³/mol. The van der Waals surface area contributed by atoms with Crippen LogP contribution in [-0.4, -0.2) is 43.7 Å². The van der Waals surface area contributed by atoms with Crippen LogP contribution in [0.2, 0.25) is 0 Å². The Balaban J connectivity index is 4.62. The van der Waals surface area contributed by atoms with Crippen molar-refractivity contribution in [2.45, 2.75) is 26.3 Å². The molecule has 0 radical (unpaired) electrons. The van der Waals surface area contributed by atoms with E-state index < -0.39 is 0 Å². The lowest BCUT2D eigenvalue weighted by molar-refractivity contribution is -0.152. The lowest BCUT2D eigenvalue weighted by Crippen LogP contribution is -2.51. The van der Waals surface area contributed by atoms with Gasteiger partial charge in [0.2, 0.25) is 0 Å². The maximum absolute atomic E-state index is 11.6. The molecule has 0 aliphatic rings. The smallest absolute Gasteiger partial charge is 0.312 e. The Bertz CT molecular complexity index is 191. The first-order valence-electron chi connectivity index (χ1n) is 4.92. The monoisotopic (exact) mass is 202 g/mol. The van der Waals surface area contributed by atoms with Crippen molar-refractivity contribution < 1.29 is 9.53 Å². The van der Waals surface area contributed by atoms with Gasteiger partial charge in [-0.25, -0.2) is 0 Å². The van der Waals surface area contributed by atoms with Crippen LogP contribution in [0.4, 0.5) is 0 Å². The minimum atomic E-state index is -0.280. The molecule has 4 nitrogen and oxygen atoms in total. The Morgan fingerprint density at radius 1 is 1.50 bits per heavy atom. The molecule has 0 fully saturated rings. The van der Waals surface area contributed by atoms with Gasteiger partial charge in [-0.2, -0.15) is 0 Å². The fourth-order valence-corrected chi connectivity index (χ4v) is 1.23. The maximum Gasteiger partial charge on any atom is 0.312 e. The zero-order chi connectivity index (χ0) is 11.4. The molecule has 1 atom stereocenters. The second kappa shape index (κ2) is 5.32.